The Balaban J connectivity index is 1.99. The van der Waals surface area contributed by atoms with Crippen LogP contribution in [0.5, 0.6) is 5.75 Å². The van der Waals surface area contributed by atoms with Gasteiger partial charge in [0.05, 0.1) is 13.7 Å². The number of ketones is 1. The molecule has 0 aliphatic heterocycles. The molecule has 1 aromatic heterocycles. The predicted molar refractivity (Wildman–Crippen MR) is 97.8 cm³/mol. The Labute approximate surface area is 151 Å². The highest BCUT2D eigenvalue weighted by Gasteiger charge is 2.39. The number of allylic oxidation sites excluding steroid dienone is 2. The minimum absolute atomic E-state index is 0.196. The summed E-state index contributed by atoms with van der Waals surface area (Å²) in [6.45, 7) is 2.02. The Morgan fingerprint density at radius 1 is 1.32 bits per heavy atom. The highest BCUT2D eigenvalue weighted by molar-refractivity contribution is 7.08. The maximum atomic E-state index is 12.7. The highest BCUT2D eigenvalue weighted by atomic mass is 32.1. The Kier molecular flexibility index (Phi) is 5.34. The summed E-state index contributed by atoms with van der Waals surface area (Å²) in [5.41, 5.74) is 2.86. The lowest BCUT2D eigenvalue weighted by Gasteiger charge is -2.28. The van der Waals surface area contributed by atoms with E-state index in [1.807, 2.05) is 41.1 Å². The van der Waals surface area contributed by atoms with Gasteiger partial charge in [0.25, 0.3) is 0 Å². The lowest BCUT2D eigenvalue weighted by atomic mass is 9.74. The van der Waals surface area contributed by atoms with Crippen LogP contribution in [0.1, 0.15) is 30.4 Å². The lowest BCUT2D eigenvalue weighted by Crippen LogP contribution is -2.33. The van der Waals surface area contributed by atoms with Gasteiger partial charge in [-0.1, -0.05) is 12.1 Å². The van der Waals surface area contributed by atoms with Gasteiger partial charge in [-0.25, -0.2) is 0 Å². The molecule has 1 aliphatic rings. The van der Waals surface area contributed by atoms with Gasteiger partial charge in [-0.05, 0) is 65.1 Å². The minimum atomic E-state index is -0.774. The zero-order valence-corrected chi connectivity index (χ0v) is 15.0. The van der Waals surface area contributed by atoms with Crippen molar-refractivity contribution in [3.05, 3.63) is 58.3 Å². The summed E-state index contributed by atoms with van der Waals surface area (Å²) in [5, 5.41) is 3.96. The maximum absolute atomic E-state index is 12.7. The van der Waals surface area contributed by atoms with Crippen LogP contribution in [-0.4, -0.2) is 25.5 Å². The Morgan fingerprint density at radius 2 is 2.16 bits per heavy atom. The fourth-order valence-corrected chi connectivity index (χ4v) is 3.93. The molecule has 2 aromatic rings. The summed E-state index contributed by atoms with van der Waals surface area (Å²) in [4.78, 5) is 25.1. The van der Waals surface area contributed by atoms with Gasteiger partial charge in [0.2, 0.25) is 0 Å². The molecule has 0 bridgehead atoms. The summed E-state index contributed by atoms with van der Waals surface area (Å²) >= 11 is 1.56. The van der Waals surface area contributed by atoms with Crippen LogP contribution in [-0.2, 0) is 14.3 Å². The Hall–Kier alpha value is -2.40. The molecule has 0 N–H and O–H groups in total. The zero-order chi connectivity index (χ0) is 17.8. The molecule has 3 rings (SSSR count). The molecule has 0 spiro atoms. The van der Waals surface area contributed by atoms with Gasteiger partial charge < -0.3 is 9.47 Å². The molecule has 0 amide bonds. The third kappa shape index (κ3) is 3.66. The average molecular weight is 356 g/mol. The molecular weight excluding hydrogens is 336 g/mol. The number of thiophene rings is 1. The molecule has 1 aromatic carbocycles. The van der Waals surface area contributed by atoms with Crippen molar-refractivity contribution in [2.24, 2.45) is 5.92 Å². The summed E-state index contributed by atoms with van der Waals surface area (Å²) in [6.07, 6.45) is 2.19. The summed E-state index contributed by atoms with van der Waals surface area (Å²) < 4.78 is 10.4. The van der Waals surface area contributed by atoms with E-state index in [1.54, 1.807) is 31.4 Å². The molecule has 2 atom stereocenters. The van der Waals surface area contributed by atoms with Crippen LogP contribution < -0.4 is 4.74 Å². The number of hydrogen-bond acceptors (Lipinski definition) is 5. The van der Waals surface area contributed by atoms with Crippen molar-refractivity contribution < 1.29 is 19.1 Å². The van der Waals surface area contributed by atoms with Crippen LogP contribution in [0, 0.1) is 5.92 Å². The van der Waals surface area contributed by atoms with Gasteiger partial charge in [-0.2, -0.15) is 11.3 Å². The van der Waals surface area contributed by atoms with Crippen LogP contribution in [0.4, 0.5) is 0 Å². The fourth-order valence-electron chi connectivity index (χ4n) is 3.21. The van der Waals surface area contributed by atoms with Crippen LogP contribution in [0.2, 0.25) is 0 Å². The molecule has 0 fully saturated rings. The number of carbonyl (C=O) groups is 2. The topological polar surface area (TPSA) is 52.6 Å². The molecule has 130 valence electrons. The van der Waals surface area contributed by atoms with E-state index >= 15 is 0 Å². The van der Waals surface area contributed by atoms with Crippen molar-refractivity contribution in [1.29, 1.82) is 0 Å². The van der Waals surface area contributed by atoms with E-state index < -0.39 is 11.9 Å². The number of methoxy groups -OCH3 is 1. The first-order valence-electron chi connectivity index (χ1n) is 8.21. The number of carbonyl (C=O) groups excluding carboxylic acids is 2. The number of benzene rings is 1. The molecule has 5 heteroatoms. The molecular formula is C20H20O4S. The van der Waals surface area contributed by atoms with Crippen LogP contribution in [0.15, 0.2) is 47.2 Å². The number of esters is 1. The maximum Gasteiger partial charge on any atom is 0.317 e. The molecule has 2 unspecified atom stereocenters. The second kappa shape index (κ2) is 7.66. The van der Waals surface area contributed by atoms with Crippen molar-refractivity contribution in [3.8, 4) is 5.75 Å². The van der Waals surface area contributed by atoms with E-state index in [1.165, 1.54) is 0 Å². The van der Waals surface area contributed by atoms with Gasteiger partial charge in [-0.3, -0.25) is 9.59 Å². The van der Waals surface area contributed by atoms with E-state index in [0.717, 1.165) is 22.4 Å². The van der Waals surface area contributed by atoms with Crippen LogP contribution in [0.25, 0.3) is 5.57 Å². The minimum Gasteiger partial charge on any atom is -0.497 e. The van der Waals surface area contributed by atoms with Gasteiger partial charge in [-0.15, -0.1) is 0 Å². The molecule has 1 heterocycles. The van der Waals surface area contributed by atoms with Crippen molar-refractivity contribution in [2.75, 3.05) is 13.7 Å². The van der Waals surface area contributed by atoms with Gasteiger partial charge in [0.1, 0.15) is 11.7 Å². The van der Waals surface area contributed by atoms with E-state index in [9.17, 15) is 9.59 Å². The van der Waals surface area contributed by atoms with Crippen LogP contribution >= 0.6 is 11.3 Å². The van der Waals surface area contributed by atoms with Crippen molar-refractivity contribution in [3.63, 3.8) is 0 Å². The molecule has 0 saturated heterocycles. The Morgan fingerprint density at radius 3 is 2.84 bits per heavy atom. The molecule has 0 radical (unpaired) electrons. The van der Waals surface area contributed by atoms with Crippen molar-refractivity contribution >= 4 is 28.7 Å². The van der Waals surface area contributed by atoms with Gasteiger partial charge in [0, 0.05) is 5.92 Å². The first-order chi connectivity index (χ1) is 12.1. The standard InChI is InChI=1S/C20H20O4S/c1-3-24-20(22)19-17(14-7-8-25-12-14)10-15(11-18(19)21)13-5-4-6-16(9-13)23-2/h4-9,11-12,17,19H,3,10H2,1-2H3. The van der Waals surface area contributed by atoms with Gasteiger partial charge in [0.15, 0.2) is 5.78 Å². The third-order valence-electron chi connectivity index (χ3n) is 4.42. The van der Waals surface area contributed by atoms with Crippen molar-refractivity contribution in [2.45, 2.75) is 19.3 Å². The molecule has 25 heavy (non-hydrogen) atoms. The predicted octanol–water partition coefficient (Wildman–Crippen LogP) is 4.08. The second-order valence-electron chi connectivity index (χ2n) is 5.90. The van der Waals surface area contributed by atoms with Crippen molar-refractivity contribution in [1.82, 2.24) is 0 Å². The van der Waals surface area contributed by atoms with E-state index in [2.05, 4.69) is 0 Å². The quantitative estimate of drug-likeness (QED) is 0.598. The smallest absolute Gasteiger partial charge is 0.317 e. The largest absolute Gasteiger partial charge is 0.497 e. The molecule has 4 nitrogen and oxygen atoms in total. The number of ether oxygens (including phenoxy) is 2. The van der Waals surface area contributed by atoms with E-state index in [-0.39, 0.29) is 18.3 Å². The fraction of sp³-hybridized carbons (Fsp3) is 0.300. The average Bonchev–Trinajstić information content (AvgIpc) is 3.15. The third-order valence-corrected chi connectivity index (χ3v) is 5.12. The lowest BCUT2D eigenvalue weighted by molar-refractivity contribution is -0.151. The first kappa shape index (κ1) is 17.4. The van der Waals surface area contributed by atoms with Gasteiger partial charge >= 0.3 is 5.97 Å². The zero-order valence-electron chi connectivity index (χ0n) is 14.2. The first-order valence-corrected chi connectivity index (χ1v) is 9.16. The summed E-state index contributed by atoms with van der Waals surface area (Å²) in [5.74, 6) is -0.873. The normalized spacial score (nSPS) is 20.1. The Bertz CT molecular complexity index is 792. The summed E-state index contributed by atoms with van der Waals surface area (Å²) in [6, 6.07) is 9.61. The SMILES string of the molecule is CCOC(=O)C1C(=O)C=C(c2cccc(OC)c2)CC1c1ccsc1. The molecule has 0 saturated carbocycles. The number of hydrogen-bond donors (Lipinski definition) is 0. The summed E-state index contributed by atoms with van der Waals surface area (Å²) in [7, 11) is 1.62. The second-order valence-corrected chi connectivity index (χ2v) is 6.68. The number of rotatable bonds is 5. The monoisotopic (exact) mass is 356 g/mol. The van der Waals surface area contributed by atoms with E-state index in [0.29, 0.717) is 6.42 Å². The van der Waals surface area contributed by atoms with Crippen LogP contribution in [0.3, 0.4) is 0 Å². The van der Waals surface area contributed by atoms with E-state index in [4.69, 9.17) is 9.47 Å². The molecule has 1 aliphatic carbocycles. The highest BCUT2D eigenvalue weighted by Crippen LogP contribution is 2.41.